The average Bonchev–Trinajstić information content (AvgIpc) is 3.45. The van der Waals surface area contributed by atoms with Gasteiger partial charge in [-0.2, -0.15) is 0 Å². The number of thioether (sulfide) groups is 1. The number of rotatable bonds is 6. The molecule has 1 fully saturated rings. The molecular weight excluding hydrogens is 380 g/mol. The number of anilines is 1. The van der Waals surface area contributed by atoms with Gasteiger partial charge in [0.05, 0.1) is 16.0 Å². The minimum atomic E-state index is -0.347. The first kappa shape index (κ1) is 18.1. The first-order valence-corrected chi connectivity index (χ1v) is 10.1. The molecule has 3 aromatic rings. The summed E-state index contributed by atoms with van der Waals surface area (Å²) in [5.74, 6) is 1.31. The van der Waals surface area contributed by atoms with E-state index in [-0.39, 0.29) is 11.2 Å². The van der Waals surface area contributed by atoms with Crippen LogP contribution in [-0.4, -0.2) is 25.9 Å². The molecule has 7 heteroatoms. The minimum Gasteiger partial charge on any atom is -0.324 e. The van der Waals surface area contributed by atoms with Crippen LogP contribution in [0.1, 0.15) is 31.5 Å². The lowest BCUT2D eigenvalue weighted by Crippen LogP contribution is -2.23. The molecule has 138 valence electrons. The van der Waals surface area contributed by atoms with Gasteiger partial charge < -0.3 is 5.32 Å². The van der Waals surface area contributed by atoms with Crippen molar-refractivity contribution >= 4 is 35.0 Å². The number of nitrogens with zero attached hydrogens (tertiary/aromatic N) is 3. The predicted molar refractivity (Wildman–Crippen MR) is 109 cm³/mol. The summed E-state index contributed by atoms with van der Waals surface area (Å²) in [6, 6.07) is 17.3. The number of carbonyl (C=O) groups is 1. The Morgan fingerprint density at radius 2 is 1.85 bits per heavy atom. The van der Waals surface area contributed by atoms with E-state index in [4.69, 9.17) is 11.6 Å². The molecule has 0 bridgehead atoms. The quantitative estimate of drug-likeness (QED) is 0.599. The van der Waals surface area contributed by atoms with Gasteiger partial charge in [-0.3, -0.25) is 9.36 Å². The number of halogens is 1. The van der Waals surface area contributed by atoms with Crippen molar-refractivity contribution in [1.82, 2.24) is 14.8 Å². The fraction of sp³-hybridized carbons (Fsp3) is 0.250. The predicted octanol–water partition coefficient (Wildman–Crippen LogP) is 4.92. The third-order valence-electron chi connectivity index (χ3n) is 4.40. The molecule has 1 amide bonds. The number of nitrogens with one attached hydrogen (secondary N) is 1. The Balaban J connectivity index is 1.55. The average molecular weight is 399 g/mol. The molecular formula is C20H19ClN4OS. The summed E-state index contributed by atoms with van der Waals surface area (Å²) in [5, 5.41) is 12.6. The van der Waals surface area contributed by atoms with Crippen LogP contribution in [0.5, 0.6) is 0 Å². The maximum Gasteiger partial charge on any atom is 0.237 e. The third kappa shape index (κ3) is 4.01. The van der Waals surface area contributed by atoms with Gasteiger partial charge in [-0.05, 0) is 44.0 Å². The monoisotopic (exact) mass is 398 g/mol. The van der Waals surface area contributed by atoms with Crippen molar-refractivity contribution in [1.29, 1.82) is 0 Å². The number of hydrogen-bond donors (Lipinski definition) is 1. The summed E-state index contributed by atoms with van der Waals surface area (Å²) in [6.07, 6.45) is 2.27. The van der Waals surface area contributed by atoms with Crippen molar-refractivity contribution in [3.05, 3.63) is 65.4 Å². The lowest BCUT2D eigenvalue weighted by molar-refractivity contribution is -0.115. The fourth-order valence-electron chi connectivity index (χ4n) is 2.79. The van der Waals surface area contributed by atoms with E-state index >= 15 is 0 Å². The molecule has 4 rings (SSSR count). The summed E-state index contributed by atoms with van der Waals surface area (Å²) in [7, 11) is 0. The third-order valence-corrected chi connectivity index (χ3v) is 5.77. The van der Waals surface area contributed by atoms with Crippen LogP contribution in [0, 0.1) is 0 Å². The molecule has 1 aliphatic rings. The molecule has 1 aliphatic carbocycles. The first-order chi connectivity index (χ1) is 13.1. The number of amides is 1. The van der Waals surface area contributed by atoms with Gasteiger partial charge in [-0.15, -0.1) is 10.2 Å². The van der Waals surface area contributed by atoms with E-state index < -0.39 is 0 Å². The largest absolute Gasteiger partial charge is 0.324 e. The molecule has 1 unspecified atom stereocenters. The number of para-hydroxylation sites is 2. The van der Waals surface area contributed by atoms with Crippen LogP contribution in [0.4, 0.5) is 5.69 Å². The van der Waals surface area contributed by atoms with Crippen molar-refractivity contribution < 1.29 is 4.79 Å². The second-order valence-electron chi connectivity index (χ2n) is 6.52. The number of aromatic nitrogens is 3. The van der Waals surface area contributed by atoms with Crippen LogP contribution in [-0.2, 0) is 4.79 Å². The summed E-state index contributed by atoms with van der Waals surface area (Å²) in [4.78, 5) is 12.6. The van der Waals surface area contributed by atoms with Crippen molar-refractivity contribution in [2.24, 2.45) is 0 Å². The van der Waals surface area contributed by atoms with Crippen LogP contribution in [0.2, 0.25) is 5.02 Å². The maximum absolute atomic E-state index is 12.6. The van der Waals surface area contributed by atoms with Crippen LogP contribution < -0.4 is 5.32 Å². The Morgan fingerprint density at radius 1 is 1.15 bits per heavy atom. The van der Waals surface area contributed by atoms with Gasteiger partial charge in [0.15, 0.2) is 5.16 Å². The van der Waals surface area contributed by atoms with Gasteiger partial charge in [0.2, 0.25) is 5.91 Å². The van der Waals surface area contributed by atoms with Crippen molar-refractivity contribution in [3.63, 3.8) is 0 Å². The lowest BCUT2D eigenvalue weighted by Gasteiger charge is -2.14. The highest BCUT2D eigenvalue weighted by Crippen LogP contribution is 2.41. The lowest BCUT2D eigenvalue weighted by atomic mass is 10.3. The van der Waals surface area contributed by atoms with Gasteiger partial charge >= 0.3 is 0 Å². The summed E-state index contributed by atoms with van der Waals surface area (Å²) < 4.78 is 2.07. The highest BCUT2D eigenvalue weighted by Gasteiger charge is 2.31. The Kier molecular flexibility index (Phi) is 5.18. The van der Waals surface area contributed by atoms with Gasteiger partial charge in [-0.1, -0.05) is 53.7 Å². The minimum absolute atomic E-state index is 0.122. The number of carbonyl (C=O) groups excluding carboxylic acids is 1. The van der Waals surface area contributed by atoms with E-state index in [0.717, 1.165) is 29.5 Å². The van der Waals surface area contributed by atoms with Crippen LogP contribution in [0.3, 0.4) is 0 Å². The van der Waals surface area contributed by atoms with Crippen molar-refractivity contribution in [2.45, 2.75) is 36.1 Å². The molecule has 1 N–H and O–H groups in total. The standard InChI is InChI=1S/C20H19ClN4OS/c1-13(19(26)22-17-10-6-5-9-16(17)21)27-20-24-23-18(14-11-12-14)25(20)15-7-3-2-4-8-15/h2-10,13-14H,11-12H2,1H3,(H,22,26). The summed E-state index contributed by atoms with van der Waals surface area (Å²) in [5.41, 5.74) is 1.63. The SMILES string of the molecule is CC(Sc1nnc(C2CC2)n1-c1ccccc1)C(=O)Nc1ccccc1Cl. The maximum atomic E-state index is 12.6. The molecule has 0 radical (unpaired) electrons. The molecule has 1 heterocycles. The molecule has 1 saturated carbocycles. The first-order valence-electron chi connectivity index (χ1n) is 8.86. The molecule has 1 atom stereocenters. The van der Waals surface area contributed by atoms with Gasteiger partial charge in [0.25, 0.3) is 0 Å². The Labute approximate surface area is 167 Å². The van der Waals surface area contributed by atoms with E-state index in [9.17, 15) is 4.79 Å². The molecule has 1 aromatic heterocycles. The van der Waals surface area contributed by atoms with Crippen molar-refractivity contribution in [3.8, 4) is 5.69 Å². The zero-order valence-corrected chi connectivity index (χ0v) is 16.4. The zero-order chi connectivity index (χ0) is 18.8. The van der Waals surface area contributed by atoms with E-state index in [1.165, 1.54) is 11.8 Å². The van der Waals surface area contributed by atoms with Gasteiger partial charge in [-0.25, -0.2) is 0 Å². The fourth-order valence-corrected chi connectivity index (χ4v) is 3.85. The second kappa shape index (κ2) is 7.74. The number of hydrogen-bond acceptors (Lipinski definition) is 4. The van der Waals surface area contributed by atoms with E-state index in [1.54, 1.807) is 12.1 Å². The van der Waals surface area contributed by atoms with E-state index in [0.29, 0.717) is 16.6 Å². The summed E-state index contributed by atoms with van der Waals surface area (Å²) >= 11 is 7.53. The molecule has 0 spiro atoms. The van der Waals surface area contributed by atoms with Crippen LogP contribution in [0.15, 0.2) is 59.8 Å². The Hall–Kier alpha value is -2.31. The number of benzene rings is 2. The van der Waals surface area contributed by atoms with Gasteiger partial charge in [0.1, 0.15) is 5.82 Å². The Bertz CT molecular complexity index is 956. The molecule has 27 heavy (non-hydrogen) atoms. The highest BCUT2D eigenvalue weighted by molar-refractivity contribution is 8.00. The van der Waals surface area contributed by atoms with E-state index in [1.807, 2.05) is 49.4 Å². The summed E-state index contributed by atoms with van der Waals surface area (Å²) in [6.45, 7) is 1.86. The van der Waals surface area contributed by atoms with Gasteiger partial charge in [0, 0.05) is 11.6 Å². The molecule has 0 aliphatic heterocycles. The molecule has 2 aromatic carbocycles. The highest BCUT2D eigenvalue weighted by atomic mass is 35.5. The Morgan fingerprint density at radius 3 is 2.56 bits per heavy atom. The van der Waals surface area contributed by atoms with Crippen LogP contribution in [0.25, 0.3) is 5.69 Å². The smallest absolute Gasteiger partial charge is 0.237 e. The van der Waals surface area contributed by atoms with Crippen LogP contribution >= 0.6 is 23.4 Å². The topological polar surface area (TPSA) is 59.8 Å². The second-order valence-corrected chi connectivity index (χ2v) is 8.23. The van der Waals surface area contributed by atoms with E-state index in [2.05, 4.69) is 20.1 Å². The molecule has 5 nitrogen and oxygen atoms in total. The molecule has 0 saturated heterocycles. The van der Waals surface area contributed by atoms with Crippen molar-refractivity contribution in [2.75, 3.05) is 5.32 Å². The zero-order valence-electron chi connectivity index (χ0n) is 14.8. The normalized spacial score (nSPS) is 14.7.